The third-order valence-corrected chi connectivity index (χ3v) is 1.22. The second kappa shape index (κ2) is 3.33. The minimum Gasteiger partial charge on any atom is -0.413 e. The van der Waals surface area contributed by atoms with Crippen LogP contribution in [0.15, 0.2) is 0 Å². The molecule has 0 amide bonds. The highest BCUT2D eigenvalue weighted by atomic mass is 28.3. The van der Waals surface area contributed by atoms with Crippen LogP contribution in [-0.2, 0) is 4.43 Å². The van der Waals surface area contributed by atoms with Crippen molar-refractivity contribution in [3.8, 4) is 0 Å². The van der Waals surface area contributed by atoms with Crippen LogP contribution in [0.2, 0.25) is 6.55 Å². The van der Waals surface area contributed by atoms with Crippen molar-refractivity contribution in [2.45, 2.75) is 13.5 Å². The standard InChI is InChI=1S/C3H10O2Si/c1-3-5-6(2)4/h4,6H,3H2,1-2H3. The van der Waals surface area contributed by atoms with Crippen LogP contribution in [0.4, 0.5) is 0 Å². The molecule has 0 aliphatic carbocycles. The van der Waals surface area contributed by atoms with Crippen molar-refractivity contribution in [3.63, 3.8) is 0 Å². The lowest BCUT2D eigenvalue weighted by molar-refractivity contribution is 0.281. The van der Waals surface area contributed by atoms with E-state index in [-0.39, 0.29) is 0 Å². The third-order valence-electron chi connectivity index (χ3n) is 0.408. The fraction of sp³-hybridized carbons (Fsp3) is 1.00. The maximum atomic E-state index is 8.47. The minimum absolute atomic E-state index is 0.643. The summed E-state index contributed by atoms with van der Waals surface area (Å²) < 4.78 is 4.74. The Morgan fingerprint density at radius 2 is 2.33 bits per heavy atom. The molecule has 0 radical (unpaired) electrons. The Morgan fingerprint density at radius 3 is 2.33 bits per heavy atom. The molecule has 0 heterocycles. The molecule has 0 aromatic carbocycles. The Balaban J connectivity index is 2.63. The van der Waals surface area contributed by atoms with Gasteiger partial charge in [0.2, 0.25) is 0 Å². The predicted octanol–water partition coefficient (Wildman–Crippen LogP) is -0.134. The first-order valence-corrected chi connectivity index (χ1v) is 4.21. The third kappa shape index (κ3) is 4.14. The van der Waals surface area contributed by atoms with E-state index in [0.29, 0.717) is 6.61 Å². The molecule has 0 saturated carbocycles. The van der Waals surface area contributed by atoms with Gasteiger partial charge in [-0.15, -0.1) is 0 Å². The SMILES string of the molecule is CCO[SiH](C)O. The van der Waals surface area contributed by atoms with Gasteiger partial charge >= 0.3 is 9.28 Å². The highest BCUT2D eigenvalue weighted by molar-refractivity contribution is 6.40. The molecule has 38 valence electrons. The van der Waals surface area contributed by atoms with E-state index in [1.807, 2.05) is 6.92 Å². The smallest absolute Gasteiger partial charge is 0.315 e. The summed E-state index contributed by atoms with van der Waals surface area (Å²) in [6, 6.07) is 0. The van der Waals surface area contributed by atoms with Crippen LogP contribution in [0.1, 0.15) is 6.92 Å². The monoisotopic (exact) mass is 106 g/mol. The zero-order valence-electron chi connectivity index (χ0n) is 4.14. The average molecular weight is 106 g/mol. The van der Waals surface area contributed by atoms with Crippen molar-refractivity contribution >= 4 is 9.28 Å². The van der Waals surface area contributed by atoms with E-state index in [0.717, 1.165) is 0 Å². The van der Waals surface area contributed by atoms with Gasteiger partial charge in [-0.25, -0.2) is 0 Å². The summed E-state index contributed by atoms with van der Waals surface area (Å²) in [5.41, 5.74) is 0. The fourth-order valence-corrected chi connectivity index (χ4v) is 0.724. The molecule has 0 saturated heterocycles. The Kier molecular flexibility index (Phi) is 3.41. The molecule has 1 N–H and O–H groups in total. The van der Waals surface area contributed by atoms with Gasteiger partial charge in [0.15, 0.2) is 0 Å². The molecule has 0 rings (SSSR count). The molecule has 0 aliphatic rings. The topological polar surface area (TPSA) is 29.5 Å². The first-order valence-electron chi connectivity index (χ1n) is 2.07. The molecular weight excluding hydrogens is 96.1 g/mol. The lowest BCUT2D eigenvalue weighted by atomic mass is 10.9. The molecule has 0 aromatic rings. The number of hydrogen-bond donors (Lipinski definition) is 1. The van der Waals surface area contributed by atoms with E-state index < -0.39 is 9.28 Å². The van der Waals surface area contributed by atoms with Crippen molar-refractivity contribution in [1.29, 1.82) is 0 Å². The molecule has 0 fully saturated rings. The van der Waals surface area contributed by atoms with Gasteiger partial charge in [0, 0.05) is 6.61 Å². The Labute approximate surface area is 39.6 Å². The van der Waals surface area contributed by atoms with E-state index in [1.54, 1.807) is 6.55 Å². The molecule has 3 heteroatoms. The molecule has 6 heavy (non-hydrogen) atoms. The van der Waals surface area contributed by atoms with Crippen LogP contribution in [0, 0.1) is 0 Å². The van der Waals surface area contributed by atoms with E-state index in [1.165, 1.54) is 0 Å². The van der Waals surface area contributed by atoms with E-state index >= 15 is 0 Å². The van der Waals surface area contributed by atoms with Gasteiger partial charge in [0.05, 0.1) is 0 Å². The first-order chi connectivity index (χ1) is 2.77. The summed E-state index contributed by atoms with van der Waals surface area (Å²) in [5.74, 6) is 0. The van der Waals surface area contributed by atoms with Gasteiger partial charge in [0.1, 0.15) is 0 Å². The number of hydrogen-bond acceptors (Lipinski definition) is 2. The normalized spacial score (nSPS) is 14.5. The molecule has 0 bridgehead atoms. The molecule has 2 nitrogen and oxygen atoms in total. The van der Waals surface area contributed by atoms with Crippen LogP contribution in [0.3, 0.4) is 0 Å². The summed E-state index contributed by atoms with van der Waals surface area (Å²) in [4.78, 5) is 8.47. The van der Waals surface area contributed by atoms with Crippen molar-refractivity contribution < 1.29 is 9.22 Å². The average Bonchev–Trinajstić information content (AvgIpc) is 1.35. The number of rotatable bonds is 2. The van der Waals surface area contributed by atoms with E-state index in [2.05, 4.69) is 0 Å². The molecule has 1 atom stereocenters. The van der Waals surface area contributed by atoms with Gasteiger partial charge in [-0.3, -0.25) is 0 Å². The summed E-state index contributed by atoms with van der Waals surface area (Å²) >= 11 is 0. The van der Waals surface area contributed by atoms with Crippen molar-refractivity contribution in [2.24, 2.45) is 0 Å². The van der Waals surface area contributed by atoms with E-state index in [9.17, 15) is 0 Å². The summed E-state index contributed by atoms with van der Waals surface area (Å²) in [7, 11) is -1.67. The van der Waals surface area contributed by atoms with Crippen molar-refractivity contribution in [3.05, 3.63) is 0 Å². The van der Waals surface area contributed by atoms with Crippen LogP contribution in [0.25, 0.3) is 0 Å². The van der Waals surface area contributed by atoms with Gasteiger partial charge in [-0.05, 0) is 13.5 Å². The highest BCUT2D eigenvalue weighted by Crippen LogP contribution is 1.74. The second-order valence-electron chi connectivity index (χ2n) is 1.05. The minimum atomic E-state index is -1.67. The van der Waals surface area contributed by atoms with Gasteiger partial charge in [0.25, 0.3) is 0 Å². The van der Waals surface area contributed by atoms with Crippen LogP contribution < -0.4 is 0 Å². The lowest BCUT2D eigenvalue weighted by Gasteiger charge is -1.96. The lowest BCUT2D eigenvalue weighted by Crippen LogP contribution is -2.10. The highest BCUT2D eigenvalue weighted by Gasteiger charge is 1.91. The summed E-state index contributed by atoms with van der Waals surface area (Å²) in [5, 5.41) is 0. The second-order valence-corrected chi connectivity index (χ2v) is 2.59. The Morgan fingerprint density at radius 1 is 1.83 bits per heavy atom. The van der Waals surface area contributed by atoms with Crippen molar-refractivity contribution in [2.75, 3.05) is 6.61 Å². The predicted molar refractivity (Wildman–Crippen MR) is 26.9 cm³/mol. The zero-order chi connectivity index (χ0) is 4.99. The van der Waals surface area contributed by atoms with Gasteiger partial charge in [-0.1, -0.05) is 0 Å². The largest absolute Gasteiger partial charge is 0.413 e. The Bertz CT molecular complexity index is 30.0. The van der Waals surface area contributed by atoms with E-state index in [4.69, 9.17) is 9.22 Å². The summed E-state index contributed by atoms with van der Waals surface area (Å²) in [6.07, 6.45) is 0. The van der Waals surface area contributed by atoms with Gasteiger partial charge in [-0.2, -0.15) is 0 Å². The van der Waals surface area contributed by atoms with Gasteiger partial charge < -0.3 is 9.22 Å². The Hall–Kier alpha value is 0.137. The molecule has 0 aromatic heterocycles. The fourth-order valence-electron chi connectivity index (χ4n) is 0.241. The quantitative estimate of drug-likeness (QED) is 0.497. The molecular formula is C3H10O2Si. The maximum absolute atomic E-state index is 8.47. The summed E-state index contributed by atoms with van der Waals surface area (Å²) in [6.45, 7) is 4.24. The van der Waals surface area contributed by atoms with Crippen LogP contribution >= 0.6 is 0 Å². The van der Waals surface area contributed by atoms with Crippen molar-refractivity contribution in [1.82, 2.24) is 0 Å². The molecule has 0 aliphatic heterocycles. The molecule has 0 spiro atoms. The first kappa shape index (κ1) is 6.14. The molecule has 1 unspecified atom stereocenters. The van der Waals surface area contributed by atoms with Crippen LogP contribution in [-0.4, -0.2) is 20.7 Å². The maximum Gasteiger partial charge on any atom is 0.315 e. The van der Waals surface area contributed by atoms with Crippen LogP contribution in [0.5, 0.6) is 0 Å². The zero-order valence-corrected chi connectivity index (χ0v) is 5.29.